The van der Waals surface area contributed by atoms with Crippen LogP contribution in [0.5, 0.6) is 0 Å². The van der Waals surface area contributed by atoms with E-state index in [0.29, 0.717) is 18.7 Å². The Bertz CT molecular complexity index is 885. The van der Waals surface area contributed by atoms with Gasteiger partial charge >= 0.3 is 0 Å². The largest absolute Gasteiger partial charge is 0.441 e. The van der Waals surface area contributed by atoms with Crippen molar-refractivity contribution in [2.24, 2.45) is 0 Å². The van der Waals surface area contributed by atoms with Gasteiger partial charge in [-0.15, -0.1) is 0 Å². The molecule has 0 unspecified atom stereocenters. The van der Waals surface area contributed by atoms with Crippen molar-refractivity contribution in [3.63, 3.8) is 0 Å². The second-order valence-electron chi connectivity index (χ2n) is 6.02. The zero-order chi connectivity index (χ0) is 17.8. The molecule has 0 fully saturated rings. The normalized spacial score (nSPS) is 10.7. The van der Waals surface area contributed by atoms with Crippen LogP contribution >= 0.6 is 15.9 Å². The van der Waals surface area contributed by atoms with Crippen LogP contribution in [0.2, 0.25) is 0 Å². The van der Waals surface area contributed by atoms with Crippen molar-refractivity contribution in [1.29, 1.82) is 0 Å². The van der Waals surface area contributed by atoms with E-state index in [-0.39, 0.29) is 5.91 Å². The van der Waals surface area contributed by atoms with E-state index >= 15 is 0 Å². The van der Waals surface area contributed by atoms with Crippen molar-refractivity contribution in [1.82, 2.24) is 4.98 Å². The lowest BCUT2D eigenvalue weighted by Gasteiger charge is -2.07. The number of anilines is 1. The molecule has 0 atom stereocenters. The molecule has 128 valence electrons. The van der Waals surface area contributed by atoms with Crippen LogP contribution in [0.3, 0.4) is 0 Å². The Morgan fingerprint density at radius 3 is 2.56 bits per heavy atom. The fourth-order valence-electron chi connectivity index (χ4n) is 2.43. The molecule has 1 N–H and O–H groups in total. The molecule has 0 aliphatic rings. The van der Waals surface area contributed by atoms with Crippen molar-refractivity contribution in [3.8, 4) is 11.3 Å². The molecule has 3 rings (SSSR count). The van der Waals surface area contributed by atoms with Crippen LogP contribution in [0, 0.1) is 13.8 Å². The molecule has 4 nitrogen and oxygen atoms in total. The summed E-state index contributed by atoms with van der Waals surface area (Å²) in [6, 6.07) is 13.9. The number of halogens is 1. The molecule has 0 aliphatic heterocycles. The van der Waals surface area contributed by atoms with Gasteiger partial charge in [-0.1, -0.05) is 35.9 Å². The molecule has 1 amide bonds. The van der Waals surface area contributed by atoms with Gasteiger partial charge in [-0.05, 0) is 47.5 Å². The van der Waals surface area contributed by atoms with Crippen molar-refractivity contribution in [2.75, 3.05) is 5.32 Å². The van der Waals surface area contributed by atoms with E-state index in [9.17, 15) is 4.79 Å². The quantitative estimate of drug-likeness (QED) is 0.634. The number of aromatic nitrogens is 1. The van der Waals surface area contributed by atoms with E-state index in [4.69, 9.17) is 4.42 Å². The highest BCUT2D eigenvalue weighted by Crippen LogP contribution is 2.24. The van der Waals surface area contributed by atoms with Crippen LogP contribution in [-0.4, -0.2) is 10.9 Å². The lowest BCUT2D eigenvalue weighted by Crippen LogP contribution is -2.12. The van der Waals surface area contributed by atoms with Crippen LogP contribution in [0.15, 0.2) is 57.6 Å². The molecule has 25 heavy (non-hydrogen) atoms. The summed E-state index contributed by atoms with van der Waals surface area (Å²) >= 11 is 3.46. The Kier molecular flexibility index (Phi) is 5.34. The number of nitrogens with zero attached hydrogens (tertiary/aromatic N) is 1. The molecule has 2 aromatic carbocycles. The summed E-state index contributed by atoms with van der Waals surface area (Å²) in [6.07, 6.45) is 2.48. The van der Waals surface area contributed by atoms with Gasteiger partial charge in [0.1, 0.15) is 0 Å². The van der Waals surface area contributed by atoms with Gasteiger partial charge in [0.15, 0.2) is 11.7 Å². The number of aryl methyl sites for hydroxylation is 3. The van der Waals surface area contributed by atoms with Gasteiger partial charge in [0.05, 0.1) is 11.9 Å². The molecular weight excluding hydrogens is 380 g/mol. The van der Waals surface area contributed by atoms with Gasteiger partial charge in [-0.25, -0.2) is 4.98 Å². The van der Waals surface area contributed by atoms with E-state index in [1.807, 2.05) is 56.3 Å². The average Bonchev–Trinajstić information content (AvgIpc) is 3.05. The molecule has 0 radical (unpaired) electrons. The van der Waals surface area contributed by atoms with Gasteiger partial charge in [-0.2, -0.15) is 0 Å². The van der Waals surface area contributed by atoms with Crippen molar-refractivity contribution in [2.45, 2.75) is 26.7 Å². The van der Waals surface area contributed by atoms with E-state index in [1.54, 1.807) is 6.20 Å². The third kappa shape index (κ3) is 4.57. The van der Waals surface area contributed by atoms with Crippen molar-refractivity contribution >= 4 is 27.5 Å². The van der Waals surface area contributed by atoms with E-state index < -0.39 is 0 Å². The zero-order valence-electron chi connectivity index (χ0n) is 14.2. The summed E-state index contributed by atoms with van der Waals surface area (Å²) < 4.78 is 6.62. The fraction of sp³-hybridized carbons (Fsp3) is 0.200. The topological polar surface area (TPSA) is 55.1 Å². The minimum atomic E-state index is -0.0698. The molecular formula is C20H19BrN2O2. The summed E-state index contributed by atoms with van der Waals surface area (Å²) in [6.45, 7) is 4.05. The summed E-state index contributed by atoms with van der Waals surface area (Å²) in [4.78, 5) is 16.4. The molecule has 1 heterocycles. The van der Waals surface area contributed by atoms with E-state index in [2.05, 4.69) is 26.2 Å². The van der Waals surface area contributed by atoms with Crippen LogP contribution in [0.25, 0.3) is 11.3 Å². The fourth-order valence-corrected chi connectivity index (χ4v) is 3.02. The highest BCUT2D eigenvalue weighted by Gasteiger charge is 2.10. The summed E-state index contributed by atoms with van der Waals surface area (Å²) in [5, 5.41) is 2.90. The molecule has 0 spiro atoms. The first kappa shape index (κ1) is 17.4. The Balaban J connectivity index is 1.58. The number of nitrogens with one attached hydrogen (secondary N) is 1. The second-order valence-corrected chi connectivity index (χ2v) is 6.87. The molecule has 1 aromatic heterocycles. The van der Waals surface area contributed by atoms with Crippen LogP contribution < -0.4 is 5.32 Å². The van der Waals surface area contributed by atoms with Gasteiger partial charge < -0.3 is 9.73 Å². The number of hydrogen-bond donors (Lipinski definition) is 1. The van der Waals surface area contributed by atoms with E-state index in [0.717, 1.165) is 27.0 Å². The smallest absolute Gasteiger partial charge is 0.224 e. The second kappa shape index (κ2) is 7.66. The van der Waals surface area contributed by atoms with Crippen molar-refractivity contribution in [3.05, 3.63) is 70.2 Å². The third-order valence-electron chi connectivity index (χ3n) is 3.85. The maximum absolute atomic E-state index is 12.1. The number of carbonyl (C=O) groups is 1. The SMILES string of the molecule is Cc1ccc(-c2cnc(CCC(=O)Nc3ccc(C)cc3Br)o2)cc1. The highest BCUT2D eigenvalue weighted by atomic mass is 79.9. The Labute approximate surface area is 155 Å². The minimum Gasteiger partial charge on any atom is -0.441 e. The van der Waals surface area contributed by atoms with Crippen LogP contribution in [0.4, 0.5) is 5.69 Å². The first-order chi connectivity index (χ1) is 12.0. The Morgan fingerprint density at radius 1 is 1.12 bits per heavy atom. The zero-order valence-corrected chi connectivity index (χ0v) is 15.8. The number of rotatable bonds is 5. The monoisotopic (exact) mass is 398 g/mol. The maximum Gasteiger partial charge on any atom is 0.224 e. The standard InChI is InChI=1S/C20H19BrN2O2/c1-13-3-6-15(7-4-13)18-12-22-20(25-18)10-9-19(24)23-17-8-5-14(2)11-16(17)21/h3-8,11-12H,9-10H2,1-2H3,(H,23,24). The lowest BCUT2D eigenvalue weighted by molar-refractivity contribution is -0.116. The highest BCUT2D eigenvalue weighted by molar-refractivity contribution is 9.10. The van der Waals surface area contributed by atoms with Gasteiger partial charge in [-0.3, -0.25) is 4.79 Å². The Hall–Kier alpha value is -2.40. The molecule has 5 heteroatoms. The van der Waals surface area contributed by atoms with Crippen LogP contribution in [-0.2, 0) is 11.2 Å². The number of carbonyl (C=O) groups excluding carboxylic acids is 1. The van der Waals surface area contributed by atoms with Gasteiger partial charge in [0.2, 0.25) is 5.91 Å². The predicted octanol–water partition coefficient (Wildman–Crippen LogP) is 5.29. The first-order valence-electron chi connectivity index (χ1n) is 8.09. The molecule has 0 bridgehead atoms. The lowest BCUT2D eigenvalue weighted by atomic mass is 10.1. The number of amides is 1. The van der Waals surface area contributed by atoms with Crippen molar-refractivity contribution < 1.29 is 9.21 Å². The number of hydrogen-bond acceptors (Lipinski definition) is 3. The molecule has 0 saturated carbocycles. The minimum absolute atomic E-state index is 0.0698. The number of benzene rings is 2. The maximum atomic E-state index is 12.1. The van der Waals surface area contributed by atoms with Crippen LogP contribution in [0.1, 0.15) is 23.4 Å². The van der Waals surface area contributed by atoms with Gasteiger partial charge in [0.25, 0.3) is 0 Å². The average molecular weight is 399 g/mol. The Morgan fingerprint density at radius 2 is 1.84 bits per heavy atom. The summed E-state index contributed by atoms with van der Waals surface area (Å²) in [5.74, 6) is 1.21. The molecule has 3 aromatic rings. The summed E-state index contributed by atoms with van der Waals surface area (Å²) in [5.41, 5.74) is 4.08. The summed E-state index contributed by atoms with van der Waals surface area (Å²) in [7, 11) is 0. The predicted molar refractivity (Wildman–Crippen MR) is 103 cm³/mol. The first-order valence-corrected chi connectivity index (χ1v) is 8.88. The number of oxazole rings is 1. The van der Waals surface area contributed by atoms with E-state index in [1.165, 1.54) is 5.56 Å². The molecule has 0 aliphatic carbocycles. The third-order valence-corrected chi connectivity index (χ3v) is 4.51. The molecule has 0 saturated heterocycles. The van der Waals surface area contributed by atoms with Gasteiger partial charge in [0, 0.05) is 22.9 Å².